The molecule has 2 rings (SSSR count). The van der Waals surface area contributed by atoms with Gasteiger partial charge in [0.2, 0.25) is 11.8 Å². The maximum Gasteiger partial charge on any atom is 0.417 e. The van der Waals surface area contributed by atoms with Crippen molar-refractivity contribution in [2.75, 3.05) is 14.2 Å². The number of rotatable bonds is 16. The first-order valence-electron chi connectivity index (χ1n) is 14.8. The first-order chi connectivity index (χ1) is 21.5. The van der Waals surface area contributed by atoms with Crippen molar-refractivity contribution >= 4 is 46.7 Å². The van der Waals surface area contributed by atoms with Crippen LogP contribution in [0, 0.1) is 5.92 Å². The van der Waals surface area contributed by atoms with E-state index in [9.17, 15) is 28.8 Å². The average Bonchev–Trinajstić information content (AvgIpc) is 3.02. The molecule has 0 spiro atoms. The molecular weight excluding hydrogens is 598 g/mol. The number of amides is 4. The quantitative estimate of drug-likeness (QED) is 0.259. The summed E-state index contributed by atoms with van der Waals surface area (Å²) in [6.45, 7) is 4.88. The number of methoxy groups -OCH3 is 1. The third kappa shape index (κ3) is 12.8. The summed E-state index contributed by atoms with van der Waals surface area (Å²) >= 11 is 0.793. The van der Waals surface area contributed by atoms with Crippen molar-refractivity contribution in [1.82, 2.24) is 15.5 Å². The Morgan fingerprint density at radius 2 is 1.49 bits per heavy atom. The summed E-state index contributed by atoms with van der Waals surface area (Å²) in [5.74, 6) is -2.56. The highest BCUT2D eigenvalue weighted by molar-refractivity contribution is 8.14. The van der Waals surface area contributed by atoms with Crippen molar-refractivity contribution in [1.29, 1.82) is 0 Å². The molecule has 45 heavy (non-hydrogen) atoms. The minimum absolute atomic E-state index is 0.00533. The van der Waals surface area contributed by atoms with Crippen LogP contribution in [0.5, 0.6) is 0 Å². The van der Waals surface area contributed by atoms with Crippen LogP contribution in [0.15, 0.2) is 60.7 Å². The van der Waals surface area contributed by atoms with E-state index >= 15 is 0 Å². The van der Waals surface area contributed by atoms with Crippen LogP contribution >= 0.6 is 11.8 Å². The van der Waals surface area contributed by atoms with Crippen molar-refractivity contribution in [3.63, 3.8) is 0 Å². The summed E-state index contributed by atoms with van der Waals surface area (Å²) in [6.07, 6.45) is -0.387. The highest BCUT2D eigenvalue weighted by Gasteiger charge is 2.40. The summed E-state index contributed by atoms with van der Waals surface area (Å²) in [6, 6.07) is 15.3. The molecule has 0 radical (unpaired) electrons. The van der Waals surface area contributed by atoms with Gasteiger partial charge >= 0.3 is 12.1 Å². The molecule has 11 nitrogen and oxygen atoms in total. The Balaban J connectivity index is 2.45. The Morgan fingerprint density at radius 1 is 0.889 bits per heavy atom. The number of imide groups is 1. The molecule has 0 saturated heterocycles. The van der Waals surface area contributed by atoms with Crippen LogP contribution in [0.3, 0.4) is 0 Å². The third-order valence-corrected chi connectivity index (χ3v) is 7.84. The Hall–Kier alpha value is -4.19. The Morgan fingerprint density at radius 3 is 2.02 bits per heavy atom. The van der Waals surface area contributed by atoms with E-state index in [1.54, 1.807) is 48.5 Å². The molecule has 2 N–H and O–H groups in total. The summed E-state index contributed by atoms with van der Waals surface area (Å²) in [5.41, 5.74) is 1.38. The molecule has 0 aromatic heterocycles. The molecule has 1 unspecified atom stereocenters. The highest BCUT2D eigenvalue weighted by atomic mass is 32.2. The first-order valence-corrected chi connectivity index (χ1v) is 15.7. The summed E-state index contributed by atoms with van der Waals surface area (Å²) in [7, 11) is 2.67. The lowest BCUT2D eigenvalue weighted by Crippen LogP contribution is -2.59. The fourth-order valence-corrected chi connectivity index (χ4v) is 5.43. The molecular formula is C33H43N3O8S. The van der Waals surface area contributed by atoms with Gasteiger partial charge < -0.3 is 20.1 Å². The molecule has 244 valence electrons. The van der Waals surface area contributed by atoms with Gasteiger partial charge in [0.15, 0.2) is 5.12 Å². The smallest absolute Gasteiger partial charge is 0.417 e. The second-order valence-corrected chi connectivity index (χ2v) is 12.2. The number of carbonyl (C=O) groups excluding carboxylic acids is 6. The van der Waals surface area contributed by atoms with Crippen LogP contribution in [0.2, 0.25) is 0 Å². The molecule has 4 amide bonds. The topological polar surface area (TPSA) is 148 Å². The van der Waals surface area contributed by atoms with Gasteiger partial charge in [-0.1, -0.05) is 86.3 Å². The number of ether oxygens (including phenoxy) is 2. The van der Waals surface area contributed by atoms with E-state index in [2.05, 4.69) is 15.4 Å². The van der Waals surface area contributed by atoms with E-state index < -0.39 is 47.1 Å². The number of carbonyl (C=O) groups is 6. The summed E-state index contributed by atoms with van der Waals surface area (Å²) in [5, 5.41) is 4.06. The third-order valence-electron chi connectivity index (χ3n) is 6.77. The lowest BCUT2D eigenvalue weighted by Gasteiger charge is -2.32. The number of hydrogen-bond donors (Lipinski definition) is 2. The van der Waals surface area contributed by atoms with Gasteiger partial charge in [-0.3, -0.25) is 24.0 Å². The summed E-state index contributed by atoms with van der Waals surface area (Å²) < 4.78 is 10.2. The molecule has 0 bridgehead atoms. The SMILES string of the molecule is CNC(=O)[C@H](Cc1ccccc1)N(C(=O)OCc1ccccc1)C(=O)[C@H](CC(C)C)NC(=O)C(CCCC(=O)OC)SC(C)=O. The maximum absolute atomic E-state index is 14.3. The van der Waals surface area contributed by atoms with Crippen LogP contribution in [-0.2, 0) is 46.5 Å². The largest absolute Gasteiger partial charge is 0.469 e. The van der Waals surface area contributed by atoms with Crippen molar-refractivity contribution in [2.45, 2.75) is 76.8 Å². The second-order valence-electron chi connectivity index (χ2n) is 10.8. The molecule has 0 fully saturated rings. The molecule has 0 saturated carbocycles. The first kappa shape index (κ1) is 37.0. The van der Waals surface area contributed by atoms with Crippen LogP contribution in [0.1, 0.15) is 57.6 Å². The van der Waals surface area contributed by atoms with Gasteiger partial charge in [-0.2, -0.15) is 0 Å². The normalized spacial score (nSPS) is 12.8. The standard InChI is InChI=1S/C33H43N3O8S/c1-22(2)19-26(35-31(40)28(45-23(3)37)17-12-18-29(38)43-5)32(41)36(33(42)44-21-25-15-10-7-11-16-25)27(30(39)34-4)20-24-13-8-6-9-14-24/h6-11,13-16,22,26-28H,12,17-21H2,1-5H3,(H,34,39)(H,35,40)/t26-,27-,28?/m0/s1. The molecule has 0 aliphatic carbocycles. The zero-order chi connectivity index (χ0) is 33.4. The van der Waals surface area contributed by atoms with E-state index in [1.165, 1.54) is 21.1 Å². The zero-order valence-corrected chi connectivity index (χ0v) is 27.3. The van der Waals surface area contributed by atoms with Gasteiger partial charge in [-0.15, -0.1) is 0 Å². The number of nitrogens with zero attached hydrogens (tertiary/aromatic N) is 1. The maximum atomic E-state index is 14.3. The number of esters is 1. The monoisotopic (exact) mass is 641 g/mol. The van der Waals surface area contributed by atoms with Crippen LogP contribution in [-0.4, -0.2) is 71.3 Å². The van der Waals surface area contributed by atoms with Gasteiger partial charge in [-0.25, -0.2) is 9.69 Å². The van der Waals surface area contributed by atoms with E-state index in [0.717, 1.165) is 16.7 Å². The number of likely N-dealkylation sites (N-methyl/N-ethyl adjacent to an activating group) is 1. The number of hydrogen-bond acceptors (Lipinski definition) is 9. The van der Waals surface area contributed by atoms with Gasteiger partial charge in [-0.05, 0) is 36.3 Å². The number of thioether (sulfide) groups is 1. The van der Waals surface area contributed by atoms with E-state index in [-0.39, 0.29) is 49.7 Å². The molecule has 0 aliphatic heterocycles. The van der Waals surface area contributed by atoms with E-state index in [1.807, 2.05) is 26.0 Å². The van der Waals surface area contributed by atoms with Crippen molar-refractivity contribution in [2.24, 2.45) is 5.92 Å². The number of nitrogens with one attached hydrogen (secondary N) is 2. The van der Waals surface area contributed by atoms with Crippen LogP contribution in [0.25, 0.3) is 0 Å². The summed E-state index contributed by atoms with van der Waals surface area (Å²) in [4.78, 5) is 79.1. The van der Waals surface area contributed by atoms with Crippen molar-refractivity contribution in [3.8, 4) is 0 Å². The van der Waals surface area contributed by atoms with Crippen LogP contribution in [0.4, 0.5) is 4.79 Å². The lowest BCUT2D eigenvalue weighted by atomic mass is 9.99. The highest BCUT2D eigenvalue weighted by Crippen LogP contribution is 2.21. The predicted octanol–water partition coefficient (Wildman–Crippen LogP) is 4.03. The van der Waals surface area contributed by atoms with E-state index in [0.29, 0.717) is 11.1 Å². The molecule has 12 heteroatoms. The van der Waals surface area contributed by atoms with Crippen molar-refractivity contribution < 1.29 is 38.2 Å². The molecule has 2 aromatic carbocycles. The Labute approximate surface area is 268 Å². The average molecular weight is 642 g/mol. The second kappa shape index (κ2) is 19.3. The molecule has 2 aromatic rings. The van der Waals surface area contributed by atoms with Gasteiger partial charge in [0.25, 0.3) is 5.91 Å². The minimum atomic E-state index is -1.29. The van der Waals surface area contributed by atoms with E-state index in [4.69, 9.17) is 4.74 Å². The fourth-order valence-electron chi connectivity index (χ4n) is 4.57. The molecule has 3 atom stereocenters. The van der Waals surface area contributed by atoms with Gasteiger partial charge in [0.1, 0.15) is 18.7 Å². The van der Waals surface area contributed by atoms with Gasteiger partial charge in [0, 0.05) is 26.8 Å². The Bertz CT molecular complexity index is 1290. The lowest BCUT2D eigenvalue weighted by molar-refractivity contribution is -0.141. The van der Waals surface area contributed by atoms with Crippen LogP contribution < -0.4 is 10.6 Å². The van der Waals surface area contributed by atoms with Gasteiger partial charge in [0.05, 0.1) is 12.4 Å². The zero-order valence-electron chi connectivity index (χ0n) is 26.4. The fraction of sp³-hybridized carbons (Fsp3) is 0.455. The minimum Gasteiger partial charge on any atom is -0.469 e. The predicted molar refractivity (Wildman–Crippen MR) is 171 cm³/mol. The Kier molecular flexibility index (Phi) is 15.8. The molecule has 0 aliphatic rings. The van der Waals surface area contributed by atoms with Crippen molar-refractivity contribution in [3.05, 3.63) is 71.8 Å². The number of benzene rings is 2. The molecule has 0 heterocycles.